The SMILES string of the molecule is Nc1ccc(C(=O)OCC(F)(F)c2ccccc2)c(Cl)c1. The summed E-state index contributed by atoms with van der Waals surface area (Å²) >= 11 is 5.82. The third kappa shape index (κ3) is 3.70. The summed E-state index contributed by atoms with van der Waals surface area (Å²) < 4.78 is 32.4. The number of alkyl halides is 2. The van der Waals surface area contributed by atoms with Crippen LogP contribution in [0.3, 0.4) is 0 Å². The number of benzene rings is 2. The number of ether oxygens (including phenoxy) is 1. The van der Waals surface area contributed by atoms with Gasteiger partial charge in [0.15, 0.2) is 6.61 Å². The molecule has 3 nitrogen and oxygen atoms in total. The summed E-state index contributed by atoms with van der Waals surface area (Å²) in [5.74, 6) is -4.19. The highest BCUT2D eigenvalue weighted by atomic mass is 35.5. The number of anilines is 1. The van der Waals surface area contributed by atoms with Crippen molar-refractivity contribution >= 4 is 23.3 Å². The van der Waals surface area contributed by atoms with Crippen LogP contribution in [-0.4, -0.2) is 12.6 Å². The molecule has 0 saturated carbocycles. The lowest BCUT2D eigenvalue weighted by atomic mass is 10.1. The van der Waals surface area contributed by atoms with E-state index in [0.29, 0.717) is 5.69 Å². The van der Waals surface area contributed by atoms with Crippen molar-refractivity contribution in [2.45, 2.75) is 5.92 Å². The smallest absolute Gasteiger partial charge is 0.339 e. The molecule has 0 saturated heterocycles. The van der Waals surface area contributed by atoms with Crippen molar-refractivity contribution in [1.82, 2.24) is 0 Å². The molecule has 0 bridgehead atoms. The van der Waals surface area contributed by atoms with Gasteiger partial charge in [-0.2, -0.15) is 8.78 Å². The van der Waals surface area contributed by atoms with Gasteiger partial charge in [-0.05, 0) is 18.2 Å². The molecule has 0 aliphatic rings. The fourth-order valence-corrected chi connectivity index (χ4v) is 1.96. The van der Waals surface area contributed by atoms with E-state index in [4.69, 9.17) is 17.3 Å². The third-order valence-electron chi connectivity index (χ3n) is 2.79. The molecule has 0 radical (unpaired) electrons. The van der Waals surface area contributed by atoms with E-state index in [2.05, 4.69) is 4.74 Å². The highest BCUT2D eigenvalue weighted by Gasteiger charge is 2.33. The first-order valence-corrected chi connectivity index (χ1v) is 6.43. The molecule has 0 heterocycles. The number of nitrogen functional groups attached to an aromatic ring is 1. The van der Waals surface area contributed by atoms with Crippen molar-refractivity contribution < 1.29 is 18.3 Å². The molecule has 2 aromatic rings. The first-order chi connectivity index (χ1) is 9.90. The summed E-state index contributed by atoms with van der Waals surface area (Å²) in [5.41, 5.74) is 5.63. The summed E-state index contributed by atoms with van der Waals surface area (Å²) in [6.07, 6.45) is 0. The highest BCUT2D eigenvalue weighted by molar-refractivity contribution is 6.33. The fourth-order valence-electron chi connectivity index (χ4n) is 1.70. The average Bonchev–Trinajstić information content (AvgIpc) is 2.46. The second-order valence-electron chi connectivity index (χ2n) is 4.39. The maximum absolute atomic E-state index is 13.9. The van der Waals surface area contributed by atoms with Gasteiger partial charge in [0.05, 0.1) is 10.6 Å². The first-order valence-electron chi connectivity index (χ1n) is 6.05. The number of rotatable bonds is 4. The lowest BCUT2D eigenvalue weighted by Gasteiger charge is -2.17. The number of esters is 1. The van der Waals surface area contributed by atoms with Crippen LogP contribution in [0.1, 0.15) is 15.9 Å². The fraction of sp³-hybridized carbons (Fsp3) is 0.133. The molecule has 0 amide bonds. The van der Waals surface area contributed by atoms with Crippen molar-refractivity contribution in [2.24, 2.45) is 0 Å². The summed E-state index contributed by atoms with van der Waals surface area (Å²) in [4.78, 5) is 11.8. The zero-order valence-electron chi connectivity index (χ0n) is 10.9. The Hall–Kier alpha value is -2.14. The molecule has 2 aromatic carbocycles. The number of nitrogens with two attached hydrogens (primary N) is 1. The Morgan fingerprint density at radius 3 is 2.48 bits per heavy atom. The van der Waals surface area contributed by atoms with Crippen molar-refractivity contribution in [3.05, 3.63) is 64.7 Å². The largest absolute Gasteiger partial charge is 0.455 e. The van der Waals surface area contributed by atoms with E-state index < -0.39 is 18.5 Å². The minimum Gasteiger partial charge on any atom is -0.455 e. The topological polar surface area (TPSA) is 52.3 Å². The van der Waals surface area contributed by atoms with Gasteiger partial charge in [0, 0.05) is 11.3 Å². The van der Waals surface area contributed by atoms with E-state index in [1.54, 1.807) is 6.07 Å². The van der Waals surface area contributed by atoms with E-state index in [1.807, 2.05) is 0 Å². The van der Waals surface area contributed by atoms with E-state index in [0.717, 1.165) is 0 Å². The van der Waals surface area contributed by atoms with Crippen LogP contribution < -0.4 is 5.73 Å². The van der Waals surface area contributed by atoms with Crippen molar-refractivity contribution in [1.29, 1.82) is 0 Å². The normalized spacial score (nSPS) is 11.2. The van der Waals surface area contributed by atoms with Crippen LogP contribution in [-0.2, 0) is 10.7 Å². The lowest BCUT2D eigenvalue weighted by molar-refractivity contribution is -0.0661. The summed E-state index contributed by atoms with van der Waals surface area (Å²) in [6.45, 7) is -1.06. The van der Waals surface area contributed by atoms with E-state index >= 15 is 0 Å². The minimum atomic E-state index is -3.27. The molecule has 6 heteroatoms. The lowest BCUT2D eigenvalue weighted by Crippen LogP contribution is -2.23. The van der Waals surface area contributed by atoms with Gasteiger partial charge in [-0.25, -0.2) is 4.79 Å². The van der Waals surface area contributed by atoms with Crippen LogP contribution in [0, 0.1) is 0 Å². The molecule has 0 spiro atoms. The molecule has 0 aliphatic heterocycles. The molecule has 0 aliphatic carbocycles. The number of halogens is 3. The van der Waals surface area contributed by atoms with Gasteiger partial charge in [0.25, 0.3) is 0 Å². The zero-order chi connectivity index (χ0) is 15.5. The van der Waals surface area contributed by atoms with Gasteiger partial charge < -0.3 is 10.5 Å². The number of carbonyl (C=O) groups is 1. The van der Waals surface area contributed by atoms with Gasteiger partial charge in [0.1, 0.15) is 0 Å². The Bertz CT molecular complexity index is 647. The quantitative estimate of drug-likeness (QED) is 0.689. The Morgan fingerprint density at radius 2 is 1.86 bits per heavy atom. The third-order valence-corrected chi connectivity index (χ3v) is 3.11. The van der Waals surface area contributed by atoms with Gasteiger partial charge in [-0.15, -0.1) is 0 Å². The average molecular weight is 312 g/mol. The van der Waals surface area contributed by atoms with E-state index in [-0.39, 0.29) is 16.1 Å². The van der Waals surface area contributed by atoms with Crippen LogP contribution >= 0.6 is 11.6 Å². The van der Waals surface area contributed by atoms with Crippen molar-refractivity contribution in [2.75, 3.05) is 12.3 Å². The second-order valence-corrected chi connectivity index (χ2v) is 4.79. The summed E-state index contributed by atoms with van der Waals surface area (Å²) in [7, 11) is 0. The summed E-state index contributed by atoms with van der Waals surface area (Å²) in [6, 6.07) is 11.3. The molecule has 0 atom stereocenters. The molecular weight excluding hydrogens is 300 g/mol. The Morgan fingerprint density at radius 1 is 1.19 bits per heavy atom. The zero-order valence-corrected chi connectivity index (χ0v) is 11.6. The van der Waals surface area contributed by atoms with Crippen LogP contribution in [0.2, 0.25) is 5.02 Å². The standard InChI is InChI=1S/C15H12ClF2NO2/c16-13-8-11(19)6-7-12(13)14(20)21-9-15(17,18)10-4-2-1-3-5-10/h1-8H,9,19H2. The molecule has 0 unspecified atom stereocenters. The Kier molecular flexibility index (Phi) is 4.43. The van der Waals surface area contributed by atoms with Crippen LogP contribution in [0.15, 0.2) is 48.5 Å². The van der Waals surface area contributed by atoms with E-state index in [1.165, 1.54) is 42.5 Å². The van der Waals surface area contributed by atoms with Gasteiger partial charge >= 0.3 is 11.9 Å². The van der Waals surface area contributed by atoms with Gasteiger partial charge in [-0.3, -0.25) is 0 Å². The predicted octanol–water partition coefficient (Wildman–Crippen LogP) is 3.87. The molecule has 110 valence electrons. The first kappa shape index (κ1) is 15.3. The number of hydrogen-bond acceptors (Lipinski definition) is 3. The van der Waals surface area contributed by atoms with Gasteiger partial charge in [0.2, 0.25) is 0 Å². The van der Waals surface area contributed by atoms with Crippen molar-refractivity contribution in [3.63, 3.8) is 0 Å². The van der Waals surface area contributed by atoms with Crippen LogP contribution in [0.4, 0.5) is 14.5 Å². The highest BCUT2D eigenvalue weighted by Crippen LogP contribution is 2.28. The monoisotopic (exact) mass is 311 g/mol. The minimum absolute atomic E-state index is 0.00488. The number of carbonyl (C=O) groups excluding carboxylic acids is 1. The molecule has 21 heavy (non-hydrogen) atoms. The van der Waals surface area contributed by atoms with E-state index in [9.17, 15) is 13.6 Å². The molecular formula is C15H12ClF2NO2. The molecule has 0 fully saturated rings. The van der Waals surface area contributed by atoms with Crippen molar-refractivity contribution in [3.8, 4) is 0 Å². The van der Waals surface area contributed by atoms with Crippen LogP contribution in [0.5, 0.6) is 0 Å². The number of hydrogen-bond donors (Lipinski definition) is 1. The van der Waals surface area contributed by atoms with Crippen LogP contribution in [0.25, 0.3) is 0 Å². The molecule has 2 N–H and O–H groups in total. The predicted molar refractivity (Wildman–Crippen MR) is 76.5 cm³/mol. The summed E-state index contributed by atoms with van der Waals surface area (Å²) in [5, 5.41) is 0.0584. The maximum Gasteiger partial charge on any atom is 0.339 e. The maximum atomic E-state index is 13.9. The Labute approximate surface area is 125 Å². The van der Waals surface area contributed by atoms with Gasteiger partial charge in [-0.1, -0.05) is 41.9 Å². The second kappa shape index (κ2) is 6.10. The molecule has 0 aromatic heterocycles. The Balaban J connectivity index is 2.07. The molecule has 2 rings (SSSR count).